The van der Waals surface area contributed by atoms with Crippen LogP contribution in [0.25, 0.3) is 55.6 Å². The summed E-state index contributed by atoms with van der Waals surface area (Å²) in [4.78, 5) is 2.51. The Kier molecular flexibility index (Phi) is 9.58. The number of nitrogens with zero attached hydrogens (tertiary/aromatic N) is 1. The molecule has 3 aliphatic carbocycles. The molecule has 0 saturated carbocycles. The Morgan fingerprint density at radius 1 is 0.324 bits per heavy atom. The Hall–Kier alpha value is -6.44. The number of hydrogen-bond donors (Lipinski definition) is 0. The molecule has 0 unspecified atom stereocenters. The van der Waals surface area contributed by atoms with Gasteiger partial charge < -0.3 is 4.90 Å². The maximum absolute atomic E-state index is 2.52. The first-order valence-electron chi connectivity index (χ1n) is 24.9. The second kappa shape index (κ2) is 14.8. The van der Waals surface area contributed by atoms with E-state index in [2.05, 4.69) is 253 Å². The van der Waals surface area contributed by atoms with Gasteiger partial charge in [-0.2, -0.15) is 0 Å². The molecule has 0 bridgehead atoms. The van der Waals surface area contributed by atoms with Crippen LogP contribution in [0.4, 0.5) is 17.1 Å². The van der Waals surface area contributed by atoms with Crippen molar-refractivity contribution in [2.75, 3.05) is 4.90 Å². The molecule has 0 aliphatic heterocycles. The fraction of sp³-hybridized carbons (Fsp3) is 0.284. The highest BCUT2D eigenvalue weighted by atomic mass is 15.1. The van der Waals surface area contributed by atoms with Crippen LogP contribution in [0.15, 0.2) is 152 Å². The van der Waals surface area contributed by atoms with E-state index in [1.165, 1.54) is 111 Å². The SMILES string of the molecule is Cc1ccc(N(c2cc(-c3ccc4c(c3)C(C)(C)c3cc(C(C)(C)C)ccc3-4)c(C)c(-c3ccc4c(c3)C(C)(C)c3cc(C(C)(C)C)ccc3-4)c2)c2ccc3c(c2)C(C)(C)c2ccccc2-3)cc1. The summed E-state index contributed by atoms with van der Waals surface area (Å²) in [5.41, 5.74) is 30.0. The van der Waals surface area contributed by atoms with Gasteiger partial charge in [-0.1, -0.05) is 192 Å². The smallest absolute Gasteiger partial charge is 0.0474 e. The van der Waals surface area contributed by atoms with Crippen LogP contribution < -0.4 is 4.90 Å². The number of aryl methyl sites for hydroxylation is 1. The predicted octanol–water partition coefficient (Wildman–Crippen LogP) is 18.6. The van der Waals surface area contributed by atoms with Crippen molar-refractivity contribution in [3.05, 3.63) is 207 Å². The zero-order valence-corrected chi connectivity index (χ0v) is 42.9. The minimum atomic E-state index is -0.146. The highest BCUT2D eigenvalue weighted by molar-refractivity contribution is 5.93. The predicted molar refractivity (Wildman–Crippen MR) is 292 cm³/mol. The Morgan fingerprint density at radius 3 is 1.19 bits per heavy atom. The summed E-state index contributed by atoms with van der Waals surface area (Å²) < 4.78 is 0. The molecule has 0 fully saturated rings. The maximum atomic E-state index is 2.52. The van der Waals surface area contributed by atoms with Crippen molar-refractivity contribution in [3.8, 4) is 55.6 Å². The van der Waals surface area contributed by atoms with Crippen LogP contribution >= 0.6 is 0 Å². The molecular weight excluding hydrogens is 819 g/mol. The lowest BCUT2D eigenvalue weighted by molar-refractivity contribution is 0.584. The maximum Gasteiger partial charge on any atom is 0.0474 e. The number of benzene rings is 8. The first kappa shape index (κ1) is 44.1. The van der Waals surface area contributed by atoms with Crippen LogP contribution in [0.5, 0.6) is 0 Å². The summed E-state index contributed by atoms with van der Waals surface area (Å²) in [6, 6.07) is 59.2. The molecule has 0 spiro atoms. The molecule has 8 aromatic carbocycles. The minimum Gasteiger partial charge on any atom is -0.310 e. The molecule has 1 nitrogen and oxygen atoms in total. The molecule has 8 aromatic rings. The van der Waals surface area contributed by atoms with E-state index in [9.17, 15) is 0 Å². The van der Waals surface area contributed by atoms with Gasteiger partial charge in [0.15, 0.2) is 0 Å². The van der Waals surface area contributed by atoms with Gasteiger partial charge in [-0.25, -0.2) is 0 Å². The average Bonchev–Trinajstić information content (AvgIpc) is 3.78. The van der Waals surface area contributed by atoms with E-state index >= 15 is 0 Å². The van der Waals surface area contributed by atoms with E-state index in [-0.39, 0.29) is 27.1 Å². The van der Waals surface area contributed by atoms with Crippen molar-refractivity contribution in [3.63, 3.8) is 0 Å². The van der Waals surface area contributed by atoms with E-state index in [0.717, 1.165) is 17.1 Å². The van der Waals surface area contributed by atoms with Gasteiger partial charge in [0, 0.05) is 33.3 Å². The molecule has 0 N–H and O–H groups in total. The summed E-state index contributed by atoms with van der Waals surface area (Å²) in [6.07, 6.45) is 0. The monoisotopic (exact) mass is 886 g/mol. The zero-order valence-electron chi connectivity index (χ0n) is 42.9. The Morgan fingerprint density at radius 2 is 0.706 bits per heavy atom. The Labute approximate surface area is 407 Å². The van der Waals surface area contributed by atoms with Crippen molar-refractivity contribution >= 4 is 17.1 Å². The molecule has 1 heteroatoms. The third kappa shape index (κ3) is 6.63. The molecule has 0 amide bonds. The second-order valence-electron chi connectivity index (χ2n) is 24.0. The standard InChI is InChI=1S/C67H67N/c1-40-19-25-46(26-20-40)68(47-27-32-54-49-17-15-16-18-57(49)65(9,10)62(54)39-47)48-37-55(42-21-28-50-52-30-23-44(63(3,4)5)35-60(52)66(11,12)58(50)33-42)41(2)56(38-48)43-22-29-51-53-31-24-45(64(6,7)8)36-61(53)67(13,14)59(51)34-43/h15-39H,1-14H3. The van der Waals surface area contributed by atoms with Crippen LogP contribution in [0, 0.1) is 13.8 Å². The number of hydrogen-bond acceptors (Lipinski definition) is 1. The van der Waals surface area contributed by atoms with Crippen molar-refractivity contribution in [1.82, 2.24) is 0 Å². The third-order valence-corrected chi connectivity index (χ3v) is 16.5. The number of rotatable bonds is 5. The van der Waals surface area contributed by atoms with Gasteiger partial charge in [0.05, 0.1) is 0 Å². The molecule has 0 radical (unpaired) electrons. The van der Waals surface area contributed by atoms with Crippen LogP contribution in [0.1, 0.15) is 139 Å². The first-order chi connectivity index (χ1) is 32.0. The topological polar surface area (TPSA) is 3.24 Å². The lowest BCUT2D eigenvalue weighted by Gasteiger charge is -2.30. The summed E-state index contributed by atoms with van der Waals surface area (Å²) in [5, 5.41) is 0. The van der Waals surface area contributed by atoms with E-state index in [0.29, 0.717) is 0 Å². The van der Waals surface area contributed by atoms with Crippen molar-refractivity contribution in [1.29, 1.82) is 0 Å². The molecule has 68 heavy (non-hydrogen) atoms. The lowest BCUT2D eigenvalue weighted by Crippen LogP contribution is -2.18. The molecule has 0 atom stereocenters. The lowest BCUT2D eigenvalue weighted by atomic mass is 9.78. The van der Waals surface area contributed by atoms with Gasteiger partial charge in [0.25, 0.3) is 0 Å². The van der Waals surface area contributed by atoms with Gasteiger partial charge >= 0.3 is 0 Å². The summed E-state index contributed by atoms with van der Waals surface area (Å²) in [6.45, 7) is 32.9. The largest absolute Gasteiger partial charge is 0.310 e. The molecule has 0 heterocycles. The van der Waals surface area contributed by atoms with E-state index < -0.39 is 0 Å². The van der Waals surface area contributed by atoms with Crippen LogP contribution in [-0.2, 0) is 27.1 Å². The van der Waals surface area contributed by atoms with Crippen LogP contribution in [-0.4, -0.2) is 0 Å². The highest BCUT2D eigenvalue weighted by Crippen LogP contribution is 2.55. The van der Waals surface area contributed by atoms with E-state index in [1.807, 2.05) is 0 Å². The number of fused-ring (bicyclic) bond motifs is 9. The van der Waals surface area contributed by atoms with Gasteiger partial charge in [0.1, 0.15) is 0 Å². The third-order valence-electron chi connectivity index (χ3n) is 16.5. The summed E-state index contributed by atoms with van der Waals surface area (Å²) in [5.74, 6) is 0. The molecule has 0 aromatic heterocycles. The fourth-order valence-electron chi connectivity index (χ4n) is 12.1. The Bertz CT molecular complexity index is 3240. The zero-order chi connectivity index (χ0) is 48.0. The summed E-state index contributed by atoms with van der Waals surface area (Å²) >= 11 is 0. The molecular formula is C67H67N. The average molecular weight is 886 g/mol. The first-order valence-corrected chi connectivity index (χ1v) is 24.9. The molecule has 0 saturated heterocycles. The minimum absolute atomic E-state index is 0.0752. The summed E-state index contributed by atoms with van der Waals surface area (Å²) in [7, 11) is 0. The number of anilines is 3. The molecule has 3 aliphatic rings. The molecule has 11 rings (SSSR count). The van der Waals surface area contributed by atoms with Crippen LogP contribution in [0.2, 0.25) is 0 Å². The normalized spacial score (nSPS) is 15.6. The van der Waals surface area contributed by atoms with Crippen LogP contribution in [0.3, 0.4) is 0 Å². The van der Waals surface area contributed by atoms with Crippen molar-refractivity contribution < 1.29 is 0 Å². The van der Waals surface area contributed by atoms with Gasteiger partial charge in [-0.3, -0.25) is 0 Å². The second-order valence-corrected chi connectivity index (χ2v) is 24.0. The van der Waals surface area contributed by atoms with Gasteiger partial charge in [-0.05, 0) is 179 Å². The quantitative estimate of drug-likeness (QED) is 0.166. The van der Waals surface area contributed by atoms with E-state index in [1.54, 1.807) is 0 Å². The molecule has 340 valence electrons. The van der Waals surface area contributed by atoms with Gasteiger partial charge in [0.2, 0.25) is 0 Å². The van der Waals surface area contributed by atoms with Gasteiger partial charge in [-0.15, -0.1) is 0 Å². The highest BCUT2D eigenvalue weighted by Gasteiger charge is 2.39. The fourth-order valence-corrected chi connectivity index (χ4v) is 12.1. The Balaban J connectivity index is 1.13. The van der Waals surface area contributed by atoms with Crippen molar-refractivity contribution in [2.45, 2.75) is 124 Å². The van der Waals surface area contributed by atoms with Crippen molar-refractivity contribution in [2.24, 2.45) is 0 Å². The van der Waals surface area contributed by atoms with E-state index in [4.69, 9.17) is 0 Å².